The lowest BCUT2D eigenvalue weighted by molar-refractivity contribution is -0.120. The van der Waals surface area contributed by atoms with E-state index in [0.29, 0.717) is 12.2 Å². The topological polar surface area (TPSA) is 79.8 Å². The fraction of sp³-hybridized carbons (Fsp3) is 0.278. The molecule has 0 aliphatic carbocycles. The molecule has 2 rings (SSSR count). The second-order valence-corrected chi connectivity index (χ2v) is 6.20. The summed E-state index contributed by atoms with van der Waals surface area (Å²) in [5.41, 5.74) is 2.84. The summed E-state index contributed by atoms with van der Waals surface area (Å²) in [6, 6.07) is 10.6. The summed E-state index contributed by atoms with van der Waals surface area (Å²) >= 11 is 1.52. The van der Waals surface area contributed by atoms with Crippen LogP contribution in [-0.4, -0.2) is 31.2 Å². The monoisotopic (exact) mass is 359 g/mol. The molecule has 0 saturated carbocycles. The van der Waals surface area contributed by atoms with Gasteiger partial charge in [-0.2, -0.15) is 5.10 Å². The van der Waals surface area contributed by atoms with Crippen LogP contribution in [0, 0.1) is 0 Å². The van der Waals surface area contributed by atoms with Gasteiger partial charge in [0.15, 0.2) is 0 Å². The zero-order valence-electron chi connectivity index (χ0n) is 14.0. The van der Waals surface area contributed by atoms with Gasteiger partial charge in [-0.15, -0.1) is 11.3 Å². The molecular formula is C18H21N3O3S. The third-order valence-corrected chi connectivity index (χ3v) is 4.02. The predicted molar refractivity (Wildman–Crippen MR) is 99.2 cm³/mol. The Morgan fingerprint density at radius 3 is 2.72 bits per heavy atom. The first-order chi connectivity index (χ1) is 12.2. The van der Waals surface area contributed by atoms with Crippen LogP contribution < -0.4 is 15.5 Å². The minimum absolute atomic E-state index is 0.143. The molecule has 6 nitrogen and oxygen atoms in total. The van der Waals surface area contributed by atoms with Crippen molar-refractivity contribution in [2.75, 3.05) is 13.2 Å². The van der Waals surface area contributed by atoms with Gasteiger partial charge in [0.05, 0.1) is 19.4 Å². The number of rotatable bonds is 9. The first-order valence-corrected chi connectivity index (χ1v) is 8.93. The maximum Gasteiger partial charge on any atom is 0.259 e. The van der Waals surface area contributed by atoms with E-state index < -0.39 is 0 Å². The minimum atomic E-state index is -0.388. The number of hydrogen-bond acceptors (Lipinski definition) is 5. The van der Waals surface area contributed by atoms with Crippen LogP contribution in [0.5, 0.6) is 5.75 Å². The SMILES string of the molecule is CCCCOc1ccc(C(=O)NCC(=O)N/N=C/c2cccs2)cc1. The van der Waals surface area contributed by atoms with Crippen molar-refractivity contribution < 1.29 is 14.3 Å². The van der Waals surface area contributed by atoms with E-state index in [9.17, 15) is 9.59 Å². The van der Waals surface area contributed by atoms with E-state index in [-0.39, 0.29) is 18.4 Å². The normalized spacial score (nSPS) is 10.6. The summed E-state index contributed by atoms with van der Waals surface area (Å²) in [6.45, 7) is 2.62. The van der Waals surface area contributed by atoms with Gasteiger partial charge in [0.25, 0.3) is 11.8 Å². The van der Waals surface area contributed by atoms with Gasteiger partial charge in [-0.1, -0.05) is 19.4 Å². The number of carbonyl (C=O) groups is 2. The Bertz CT molecular complexity index is 697. The van der Waals surface area contributed by atoms with E-state index in [4.69, 9.17) is 4.74 Å². The van der Waals surface area contributed by atoms with Gasteiger partial charge in [0, 0.05) is 10.4 Å². The number of nitrogens with zero attached hydrogens (tertiary/aromatic N) is 1. The molecule has 0 saturated heterocycles. The number of carbonyl (C=O) groups excluding carboxylic acids is 2. The van der Waals surface area contributed by atoms with Crippen LogP contribution in [0.3, 0.4) is 0 Å². The first kappa shape index (κ1) is 18.7. The van der Waals surface area contributed by atoms with Gasteiger partial charge in [0.1, 0.15) is 5.75 Å². The van der Waals surface area contributed by atoms with Gasteiger partial charge >= 0.3 is 0 Å². The van der Waals surface area contributed by atoms with Crippen LogP contribution in [-0.2, 0) is 4.79 Å². The van der Waals surface area contributed by atoms with Crippen molar-refractivity contribution in [3.63, 3.8) is 0 Å². The quantitative estimate of drug-likeness (QED) is 0.410. The van der Waals surface area contributed by atoms with Crippen LogP contribution in [0.1, 0.15) is 35.0 Å². The van der Waals surface area contributed by atoms with Crippen LogP contribution in [0.15, 0.2) is 46.9 Å². The number of thiophene rings is 1. The molecule has 0 fully saturated rings. The van der Waals surface area contributed by atoms with Crippen molar-refractivity contribution >= 4 is 29.4 Å². The molecule has 0 aliphatic rings. The lowest BCUT2D eigenvalue weighted by Crippen LogP contribution is -2.34. The molecule has 2 N–H and O–H groups in total. The number of ether oxygens (including phenoxy) is 1. The molecule has 0 spiro atoms. The number of unbranched alkanes of at least 4 members (excludes halogenated alkanes) is 1. The Balaban J connectivity index is 1.72. The van der Waals surface area contributed by atoms with Crippen LogP contribution in [0.2, 0.25) is 0 Å². The Hall–Kier alpha value is -2.67. The number of nitrogens with one attached hydrogen (secondary N) is 2. The fourth-order valence-electron chi connectivity index (χ4n) is 1.87. The summed E-state index contributed by atoms with van der Waals surface area (Å²) in [4.78, 5) is 24.6. The summed E-state index contributed by atoms with van der Waals surface area (Å²) < 4.78 is 5.54. The number of benzene rings is 1. The van der Waals surface area contributed by atoms with E-state index in [1.54, 1.807) is 30.5 Å². The molecule has 25 heavy (non-hydrogen) atoms. The molecule has 2 aromatic rings. The van der Waals surface area contributed by atoms with Crippen molar-refractivity contribution in [3.05, 3.63) is 52.2 Å². The standard InChI is InChI=1S/C18H21N3O3S/c1-2-3-10-24-15-8-6-14(7-9-15)18(23)19-13-17(22)21-20-12-16-5-4-11-25-16/h4-9,11-12H,2-3,10,13H2,1H3,(H,19,23)(H,21,22)/b20-12+. The zero-order valence-corrected chi connectivity index (χ0v) is 14.8. The van der Waals surface area contributed by atoms with E-state index in [0.717, 1.165) is 23.5 Å². The molecule has 0 atom stereocenters. The maximum atomic E-state index is 12.0. The number of hydrogen-bond donors (Lipinski definition) is 2. The number of amides is 2. The number of hydrazone groups is 1. The molecule has 0 aliphatic heterocycles. The van der Waals surface area contributed by atoms with Crippen LogP contribution in [0.4, 0.5) is 0 Å². The summed E-state index contributed by atoms with van der Waals surface area (Å²) in [5, 5.41) is 8.30. The molecule has 132 valence electrons. The van der Waals surface area contributed by atoms with E-state index in [2.05, 4.69) is 22.8 Å². The van der Waals surface area contributed by atoms with Crippen LogP contribution in [0.25, 0.3) is 0 Å². The van der Waals surface area contributed by atoms with Gasteiger partial charge in [0.2, 0.25) is 0 Å². The van der Waals surface area contributed by atoms with Crippen LogP contribution >= 0.6 is 11.3 Å². The lowest BCUT2D eigenvalue weighted by atomic mass is 10.2. The van der Waals surface area contributed by atoms with Gasteiger partial charge in [-0.25, -0.2) is 5.43 Å². The fourth-order valence-corrected chi connectivity index (χ4v) is 2.46. The van der Waals surface area contributed by atoms with E-state index in [1.807, 2.05) is 17.5 Å². The Kier molecular flexibility index (Phi) is 7.65. The van der Waals surface area contributed by atoms with E-state index >= 15 is 0 Å². The summed E-state index contributed by atoms with van der Waals surface area (Å²) in [5.74, 6) is 0.0174. The molecule has 1 heterocycles. The molecule has 7 heteroatoms. The van der Waals surface area contributed by atoms with Crippen molar-refractivity contribution in [2.45, 2.75) is 19.8 Å². The predicted octanol–water partition coefficient (Wildman–Crippen LogP) is 2.81. The maximum absolute atomic E-state index is 12.0. The zero-order chi connectivity index (χ0) is 17.9. The van der Waals surface area contributed by atoms with Gasteiger partial charge in [-0.3, -0.25) is 9.59 Å². The molecule has 0 bridgehead atoms. The highest BCUT2D eigenvalue weighted by Crippen LogP contribution is 2.12. The molecule has 0 radical (unpaired) electrons. The Morgan fingerprint density at radius 2 is 2.04 bits per heavy atom. The summed E-state index contributed by atoms with van der Waals surface area (Å²) in [6.07, 6.45) is 3.62. The van der Waals surface area contributed by atoms with Crippen molar-refractivity contribution in [2.24, 2.45) is 5.10 Å². The smallest absolute Gasteiger partial charge is 0.259 e. The highest BCUT2D eigenvalue weighted by molar-refractivity contribution is 7.11. The Labute approximate surface area is 150 Å². The third-order valence-electron chi connectivity index (χ3n) is 3.22. The van der Waals surface area contributed by atoms with Crippen molar-refractivity contribution in [3.8, 4) is 5.75 Å². The van der Waals surface area contributed by atoms with Crippen molar-refractivity contribution in [1.29, 1.82) is 0 Å². The lowest BCUT2D eigenvalue weighted by Gasteiger charge is -2.07. The van der Waals surface area contributed by atoms with Gasteiger partial charge < -0.3 is 10.1 Å². The average molecular weight is 359 g/mol. The van der Waals surface area contributed by atoms with E-state index in [1.165, 1.54) is 11.3 Å². The molecular weight excluding hydrogens is 338 g/mol. The third kappa shape index (κ3) is 6.76. The second-order valence-electron chi connectivity index (χ2n) is 5.22. The minimum Gasteiger partial charge on any atom is -0.494 e. The molecule has 2 amide bonds. The largest absolute Gasteiger partial charge is 0.494 e. The molecule has 1 aromatic carbocycles. The highest BCUT2D eigenvalue weighted by Gasteiger charge is 2.07. The average Bonchev–Trinajstić information content (AvgIpc) is 3.14. The van der Waals surface area contributed by atoms with Crippen molar-refractivity contribution in [1.82, 2.24) is 10.7 Å². The second kappa shape index (κ2) is 10.2. The molecule has 0 unspecified atom stereocenters. The van der Waals surface area contributed by atoms with Gasteiger partial charge in [-0.05, 0) is 42.1 Å². The highest BCUT2D eigenvalue weighted by atomic mass is 32.1. The molecule has 1 aromatic heterocycles. The summed E-state index contributed by atoms with van der Waals surface area (Å²) in [7, 11) is 0. The first-order valence-electron chi connectivity index (χ1n) is 8.05. The Morgan fingerprint density at radius 1 is 1.24 bits per heavy atom.